The second-order valence-corrected chi connectivity index (χ2v) is 7.71. The van der Waals surface area contributed by atoms with Gasteiger partial charge < -0.3 is 14.4 Å². The van der Waals surface area contributed by atoms with E-state index >= 15 is 0 Å². The first-order chi connectivity index (χ1) is 14.1. The highest BCUT2D eigenvalue weighted by atomic mass is 16.5. The fourth-order valence-corrected chi connectivity index (χ4v) is 3.88. The molecule has 0 saturated carbocycles. The molecule has 0 unspecified atom stereocenters. The Balaban J connectivity index is 1.55. The molecule has 2 heterocycles. The van der Waals surface area contributed by atoms with E-state index in [0.29, 0.717) is 24.8 Å². The molecule has 7 heteroatoms. The van der Waals surface area contributed by atoms with E-state index in [0.717, 1.165) is 50.5 Å². The van der Waals surface area contributed by atoms with Crippen molar-refractivity contribution in [2.45, 2.75) is 26.3 Å². The molecule has 1 aromatic carbocycles. The molecule has 7 nitrogen and oxygen atoms in total. The highest BCUT2D eigenvalue weighted by Crippen LogP contribution is 2.24. The summed E-state index contributed by atoms with van der Waals surface area (Å²) in [5, 5.41) is 6.99. The van der Waals surface area contributed by atoms with Crippen molar-refractivity contribution in [3.63, 3.8) is 0 Å². The summed E-state index contributed by atoms with van der Waals surface area (Å²) >= 11 is 0. The average Bonchev–Trinajstić information content (AvgIpc) is 3.18. The molecule has 1 aliphatic rings. The van der Waals surface area contributed by atoms with Crippen molar-refractivity contribution in [3.05, 3.63) is 47.3 Å². The summed E-state index contributed by atoms with van der Waals surface area (Å²) in [4.78, 5) is 17.2. The van der Waals surface area contributed by atoms with Gasteiger partial charge in [0.2, 0.25) is 0 Å². The van der Waals surface area contributed by atoms with Crippen LogP contribution < -0.4 is 4.74 Å². The van der Waals surface area contributed by atoms with Gasteiger partial charge in [-0.25, -0.2) is 0 Å². The molecule has 1 N–H and O–H groups in total. The first-order valence-corrected chi connectivity index (χ1v) is 10.2. The quantitative estimate of drug-likeness (QED) is 0.701. The van der Waals surface area contributed by atoms with E-state index in [1.807, 2.05) is 24.0 Å². The second-order valence-electron chi connectivity index (χ2n) is 7.71. The zero-order chi connectivity index (χ0) is 20.6. The fraction of sp³-hybridized carbons (Fsp3) is 0.545. The standard InChI is InChI=1S/C22H32N4O3/c1-17-14-20(24-23-17)22(27)26(12-13-28-2)15-18-8-10-25(11-9-18)16-19-6-4-5-7-21(19)29-3/h4-7,14,18H,8-13,15-16H2,1-3H3,(H,23,24). The van der Waals surface area contributed by atoms with Gasteiger partial charge in [-0.2, -0.15) is 5.10 Å². The Morgan fingerprint density at radius 3 is 2.69 bits per heavy atom. The molecule has 0 spiro atoms. The van der Waals surface area contributed by atoms with Crippen LogP contribution in [-0.2, 0) is 11.3 Å². The maximum Gasteiger partial charge on any atom is 0.274 e. The fourth-order valence-electron chi connectivity index (χ4n) is 3.88. The number of likely N-dealkylation sites (tertiary alicyclic amines) is 1. The van der Waals surface area contributed by atoms with Crippen LogP contribution in [0.5, 0.6) is 5.75 Å². The Morgan fingerprint density at radius 2 is 2.03 bits per heavy atom. The monoisotopic (exact) mass is 400 g/mol. The smallest absolute Gasteiger partial charge is 0.274 e. The lowest BCUT2D eigenvalue weighted by Gasteiger charge is -2.35. The highest BCUT2D eigenvalue weighted by molar-refractivity contribution is 5.92. The molecule has 0 atom stereocenters. The number of rotatable bonds is 9. The number of aromatic nitrogens is 2. The van der Waals surface area contributed by atoms with Gasteiger partial charge in [0, 0.05) is 38.0 Å². The average molecular weight is 401 g/mol. The number of aromatic amines is 1. The summed E-state index contributed by atoms with van der Waals surface area (Å²) in [6.07, 6.45) is 2.15. The zero-order valence-electron chi connectivity index (χ0n) is 17.7. The summed E-state index contributed by atoms with van der Waals surface area (Å²) in [5.41, 5.74) is 2.59. The van der Waals surface area contributed by atoms with Gasteiger partial charge in [-0.1, -0.05) is 18.2 Å². The molecule has 1 saturated heterocycles. The lowest BCUT2D eigenvalue weighted by Crippen LogP contribution is -2.42. The third-order valence-electron chi connectivity index (χ3n) is 5.55. The maximum absolute atomic E-state index is 12.9. The number of methoxy groups -OCH3 is 2. The first-order valence-electron chi connectivity index (χ1n) is 10.2. The molecule has 1 aliphatic heterocycles. The third kappa shape index (κ3) is 5.81. The van der Waals surface area contributed by atoms with Crippen LogP contribution >= 0.6 is 0 Å². The molecule has 29 heavy (non-hydrogen) atoms. The van der Waals surface area contributed by atoms with E-state index in [1.54, 1.807) is 20.3 Å². The summed E-state index contributed by atoms with van der Waals surface area (Å²) in [5.74, 6) is 1.41. The van der Waals surface area contributed by atoms with Gasteiger partial charge in [-0.05, 0) is 50.9 Å². The van der Waals surface area contributed by atoms with E-state index in [-0.39, 0.29) is 5.91 Å². The van der Waals surface area contributed by atoms with Crippen molar-refractivity contribution in [3.8, 4) is 5.75 Å². The Hall–Kier alpha value is -2.38. The van der Waals surface area contributed by atoms with Crippen LogP contribution in [0.4, 0.5) is 0 Å². The van der Waals surface area contributed by atoms with Crippen LogP contribution in [-0.4, -0.2) is 72.9 Å². The zero-order valence-corrected chi connectivity index (χ0v) is 17.7. The van der Waals surface area contributed by atoms with Crippen molar-refractivity contribution in [2.75, 3.05) is 47.0 Å². The van der Waals surface area contributed by atoms with E-state index in [9.17, 15) is 4.79 Å². The largest absolute Gasteiger partial charge is 0.496 e. The van der Waals surface area contributed by atoms with Crippen LogP contribution in [0.3, 0.4) is 0 Å². The number of piperidine rings is 1. The summed E-state index contributed by atoms with van der Waals surface area (Å²) in [6.45, 7) is 6.71. The molecule has 2 aromatic rings. The molecule has 0 bridgehead atoms. The van der Waals surface area contributed by atoms with E-state index in [1.165, 1.54) is 5.56 Å². The number of H-pyrrole nitrogens is 1. The minimum Gasteiger partial charge on any atom is -0.496 e. The van der Waals surface area contributed by atoms with Gasteiger partial charge in [-0.15, -0.1) is 0 Å². The predicted molar refractivity (Wildman–Crippen MR) is 112 cm³/mol. The van der Waals surface area contributed by atoms with Gasteiger partial charge >= 0.3 is 0 Å². The van der Waals surface area contributed by atoms with Crippen molar-refractivity contribution in [2.24, 2.45) is 5.92 Å². The van der Waals surface area contributed by atoms with Crippen LogP contribution in [0.15, 0.2) is 30.3 Å². The SMILES string of the molecule is COCCN(CC1CCN(Cc2ccccc2OC)CC1)C(=O)c1cc(C)[nH]n1. The summed E-state index contributed by atoms with van der Waals surface area (Å²) in [7, 11) is 3.38. The van der Waals surface area contributed by atoms with Gasteiger partial charge in [0.05, 0.1) is 13.7 Å². The number of para-hydroxylation sites is 1. The number of carbonyl (C=O) groups excluding carboxylic acids is 1. The number of nitrogens with zero attached hydrogens (tertiary/aromatic N) is 3. The van der Waals surface area contributed by atoms with Crippen molar-refractivity contribution < 1.29 is 14.3 Å². The molecular formula is C22H32N4O3. The number of hydrogen-bond acceptors (Lipinski definition) is 5. The van der Waals surface area contributed by atoms with Crippen molar-refractivity contribution in [1.29, 1.82) is 0 Å². The van der Waals surface area contributed by atoms with Gasteiger partial charge in [0.1, 0.15) is 11.4 Å². The van der Waals surface area contributed by atoms with E-state index in [2.05, 4.69) is 27.2 Å². The first kappa shape index (κ1) is 21.3. The number of carbonyl (C=O) groups is 1. The second kappa shape index (κ2) is 10.4. The molecular weight excluding hydrogens is 368 g/mol. The Kier molecular flexibility index (Phi) is 7.66. The lowest BCUT2D eigenvalue weighted by molar-refractivity contribution is 0.0612. The number of ether oxygens (including phenoxy) is 2. The molecule has 158 valence electrons. The van der Waals surface area contributed by atoms with Gasteiger partial charge in [0.15, 0.2) is 0 Å². The minimum atomic E-state index is -0.0251. The van der Waals surface area contributed by atoms with Gasteiger partial charge in [0.25, 0.3) is 5.91 Å². The Morgan fingerprint density at radius 1 is 1.28 bits per heavy atom. The lowest BCUT2D eigenvalue weighted by atomic mass is 9.95. The third-order valence-corrected chi connectivity index (χ3v) is 5.55. The maximum atomic E-state index is 12.9. The normalized spacial score (nSPS) is 15.4. The van der Waals surface area contributed by atoms with Crippen molar-refractivity contribution in [1.82, 2.24) is 20.0 Å². The minimum absolute atomic E-state index is 0.0251. The van der Waals surface area contributed by atoms with E-state index in [4.69, 9.17) is 9.47 Å². The highest BCUT2D eigenvalue weighted by Gasteiger charge is 2.25. The number of hydrogen-bond donors (Lipinski definition) is 1. The summed E-state index contributed by atoms with van der Waals surface area (Å²) in [6, 6.07) is 10.00. The van der Waals surface area contributed by atoms with Gasteiger partial charge in [-0.3, -0.25) is 14.8 Å². The Bertz CT molecular complexity index is 784. The summed E-state index contributed by atoms with van der Waals surface area (Å²) < 4.78 is 10.7. The number of nitrogens with one attached hydrogen (secondary N) is 1. The topological polar surface area (TPSA) is 70.7 Å². The van der Waals surface area contributed by atoms with Crippen LogP contribution in [0.2, 0.25) is 0 Å². The predicted octanol–water partition coefficient (Wildman–Crippen LogP) is 2.73. The number of benzene rings is 1. The molecule has 0 radical (unpaired) electrons. The van der Waals surface area contributed by atoms with Crippen LogP contribution in [0.25, 0.3) is 0 Å². The molecule has 1 fully saturated rings. The Labute approximate surface area is 173 Å². The molecule has 0 aliphatic carbocycles. The van der Waals surface area contributed by atoms with Crippen LogP contribution in [0.1, 0.15) is 34.6 Å². The van der Waals surface area contributed by atoms with Crippen molar-refractivity contribution >= 4 is 5.91 Å². The number of aryl methyl sites for hydroxylation is 1. The molecule has 3 rings (SSSR count). The van der Waals surface area contributed by atoms with Crippen LogP contribution in [0, 0.1) is 12.8 Å². The van der Waals surface area contributed by atoms with E-state index < -0.39 is 0 Å². The molecule has 1 amide bonds. The number of amides is 1. The molecule has 1 aromatic heterocycles.